The molecule has 0 bridgehead atoms. The number of unbranched alkanes of at least 4 members (excludes halogenated alkanes) is 1. The van der Waals surface area contributed by atoms with Gasteiger partial charge >= 0.3 is 0 Å². The molecule has 0 radical (unpaired) electrons. The molecule has 1 saturated carbocycles. The van der Waals surface area contributed by atoms with Crippen LogP contribution in [-0.4, -0.2) is 39.3 Å². The molecule has 0 spiro atoms. The monoisotopic (exact) mass is 272 g/mol. The Kier molecular flexibility index (Phi) is 5.42. The zero-order valence-corrected chi connectivity index (χ0v) is 12.5. The van der Waals surface area contributed by atoms with Gasteiger partial charge in [0.15, 0.2) is 5.11 Å². The van der Waals surface area contributed by atoms with Crippen LogP contribution < -0.4 is 0 Å². The quantitative estimate of drug-likeness (QED) is 0.720. The van der Waals surface area contributed by atoms with Gasteiger partial charge in [0.2, 0.25) is 0 Å². The summed E-state index contributed by atoms with van der Waals surface area (Å²) in [5.74, 6) is 2.22. The largest absolute Gasteiger partial charge is 0.340 e. The van der Waals surface area contributed by atoms with E-state index in [2.05, 4.69) is 16.7 Å². The van der Waals surface area contributed by atoms with E-state index in [0.29, 0.717) is 0 Å². The van der Waals surface area contributed by atoms with E-state index in [1.807, 2.05) is 11.8 Å². The highest BCUT2D eigenvalue weighted by atomic mass is 32.2. The molecule has 0 atom stereocenters. The number of rotatable bonds is 4. The molecular weight excluding hydrogens is 248 g/mol. The third-order valence-electron chi connectivity index (χ3n) is 3.79. The summed E-state index contributed by atoms with van der Waals surface area (Å²) in [6, 6.07) is 0.730. The molecule has 0 aromatic rings. The smallest absolute Gasteiger partial charge is 0.173 e. The molecule has 1 aliphatic heterocycles. The molecule has 0 N–H and O–H groups in total. The molecule has 2 nitrogen and oxygen atoms in total. The summed E-state index contributed by atoms with van der Waals surface area (Å²) in [5.41, 5.74) is 0. The van der Waals surface area contributed by atoms with Crippen LogP contribution in [0.25, 0.3) is 0 Å². The van der Waals surface area contributed by atoms with Gasteiger partial charge in [0.25, 0.3) is 0 Å². The molecule has 1 heterocycles. The van der Waals surface area contributed by atoms with E-state index in [4.69, 9.17) is 12.2 Å². The Bertz CT molecular complexity index is 252. The Balaban J connectivity index is 1.90. The minimum Gasteiger partial charge on any atom is -0.340 e. The van der Waals surface area contributed by atoms with Crippen molar-refractivity contribution in [1.82, 2.24) is 9.80 Å². The van der Waals surface area contributed by atoms with Crippen LogP contribution in [0.5, 0.6) is 0 Å². The lowest BCUT2D eigenvalue weighted by Crippen LogP contribution is -2.51. The summed E-state index contributed by atoms with van der Waals surface area (Å²) < 4.78 is 0. The fraction of sp³-hybridized carbons (Fsp3) is 0.923. The van der Waals surface area contributed by atoms with Crippen LogP contribution in [0.1, 0.15) is 51.9 Å². The molecule has 2 fully saturated rings. The van der Waals surface area contributed by atoms with Gasteiger partial charge in [-0.3, -0.25) is 0 Å². The molecule has 0 amide bonds. The molecule has 1 aliphatic carbocycles. The number of hydrogen-bond donors (Lipinski definition) is 0. The van der Waals surface area contributed by atoms with Crippen LogP contribution in [0.4, 0.5) is 0 Å². The molecule has 4 heteroatoms. The van der Waals surface area contributed by atoms with Gasteiger partial charge in [0.1, 0.15) is 0 Å². The highest BCUT2D eigenvalue weighted by Crippen LogP contribution is 2.28. The average Bonchev–Trinajstić information content (AvgIpc) is 2.39. The molecule has 2 aliphatic rings. The first-order valence-corrected chi connectivity index (χ1v) is 8.52. The molecule has 0 aromatic heterocycles. The number of nitrogens with zero attached hydrogens (tertiary/aromatic N) is 2. The van der Waals surface area contributed by atoms with Gasteiger partial charge in [-0.05, 0) is 31.5 Å². The summed E-state index contributed by atoms with van der Waals surface area (Å²) in [5, 5.41) is 1.13. The Morgan fingerprint density at radius 3 is 2.71 bits per heavy atom. The minimum absolute atomic E-state index is 0.730. The first-order valence-electron chi connectivity index (χ1n) is 6.96. The zero-order chi connectivity index (χ0) is 12.1. The predicted octanol–water partition coefficient (Wildman–Crippen LogP) is 3.67. The van der Waals surface area contributed by atoms with Crippen molar-refractivity contribution < 1.29 is 0 Å². The number of hydrogen-bond acceptors (Lipinski definition) is 2. The molecule has 1 saturated heterocycles. The van der Waals surface area contributed by atoms with Crippen molar-refractivity contribution in [3.05, 3.63) is 0 Å². The van der Waals surface area contributed by atoms with Crippen molar-refractivity contribution in [2.45, 2.75) is 57.9 Å². The second-order valence-corrected chi connectivity index (χ2v) is 6.41. The third-order valence-corrected chi connectivity index (χ3v) is 5.24. The van der Waals surface area contributed by atoms with Crippen molar-refractivity contribution in [1.29, 1.82) is 0 Å². The van der Waals surface area contributed by atoms with Gasteiger partial charge < -0.3 is 9.80 Å². The predicted molar refractivity (Wildman–Crippen MR) is 80.2 cm³/mol. The third kappa shape index (κ3) is 3.50. The zero-order valence-electron chi connectivity index (χ0n) is 10.9. The Morgan fingerprint density at radius 1 is 1.24 bits per heavy atom. The van der Waals surface area contributed by atoms with Gasteiger partial charge in [-0.1, -0.05) is 32.6 Å². The maximum Gasteiger partial charge on any atom is 0.173 e. The fourth-order valence-electron chi connectivity index (χ4n) is 2.70. The summed E-state index contributed by atoms with van der Waals surface area (Å²) >= 11 is 7.70. The lowest BCUT2D eigenvalue weighted by molar-refractivity contribution is 0.241. The van der Waals surface area contributed by atoms with Gasteiger partial charge in [-0.15, -0.1) is 11.8 Å². The highest BCUT2D eigenvalue weighted by molar-refractivity contribution is 7.99. The molecule has 98 valence electrons. The van der Waals surface area contributed by atoms with Gasteiger partial charge in [-0.2, -0.15) is 0 Å². The summed E-state index contributed by atoms with van der Waals surface area (Å²) in [4.78, 5) is 4.90. The van der Waals surface area contributed by atoms with E-state index < -0.39 is 0 Å². The Hall–Kier alpha value is 0.0400. The maximum atomic E-state index is 5.68. The van der Waals surface area contributed by atoms with Crippen LogP contribution in [0.2, 0.25) is 0 Å². The second-order valence-electron chi connectivity index (χ2n) is 5.12. The van der Waals surface area contributed by atoms with Crippen molar-refractivity contribution in [2.24, 2.45) is 0 Å². The van der Waals surface area contributed by atoms with E-state index in [0.717, 1.165) is 29.5 Å². The van der Waals surface area contributed by atoms with Crippen LogP contribution in [-0.2, 0) is 0 Å². The topological polar surface area (TPSA) is 6.48 Å². The Labute approximate surface area is 115 Å². The van der Waals surface area contributed by atoms with E-state index in [1.165, 1.54) is 44.9 Å². The average molecular weight is 272 g/mol. The second kappa shape index (κ2) is 6.83. The van der Waals surface area contributed by atoms with Crippen molar-refractivity contribution >= 4 is 29.1 Å². The highest BCUT2D eigenvalue weighted by Gasteiger charge is 2.28. The van der Waals surface area contributed by atoms with E-state index in [9.17, 15) is 0 Å². The minimum atomic E-state index is 0.730. The van der Waals surface area contributed by atoms with Crippen LogP contribution >= 0.6 is 24.0 Å². The maximum absolute atomic E-state index is 5.68. The molecule has 0 aromatic carbocycles. The number of thioether (sulfide) groups is 1. The lowest BCUT2D eigenvalue weighted by Gasteiger charge is -2.43. The van der Waals surface area contributed by atoms with Crippen LogP contribution in [0.15, 0.2) is 0 Å². The van der Waals surface area contributed by atoms with Crippen LogP contribution in [0, 0.1) is 0 Å². The molecule has 0 unspecified atom stereocenters. The SMILES string of the molecule is CCCCN1CSCN(C2CCCCC2)C1=S. The van der Waals surface area contributed by atoms with Gasteiger partial charge in [0, 0.05) is 12.6 Å². The van der Waals surface area contributed by atoms with Gasteiger partial charge in [-0.25, -0.2) is 0 Å². The van der Waals surface area contributed by atoms with Crippen molar-refractivity contribution in [3.8, 4) is 0 Å². The summed E-state index contributed by atoms with van der Waals surface area (Å²) in [6.07, 6.45) is 9.42. The molecular formula is C13H24N2S2. The lowest BCUT2D eigenvalue weighted by atomic mass is 9.95. The standard InChI is InChI=1S/C13H24N2S2/c1-2-3-9-14-10-17-11-15(13(14)16)12-7-5-4-6-8-12/h12H,2-11H2,1H3. The van der Waals surface area contributed by atoms with Gasteiger partial charge in [0.05, 0.1) is 11.8 Å². The van der Waals surface area contributed by atoms with Crippen LogP contribution in [0.3, 0.4) is 0 Å². The van der Waals surface area contributed by atoms with Crippen molar-refractivity contribution in [3.63, 3.8) is 0 Å². The summed E-state index contributed by atoms with van der Waals surface area (Å²) in [7, 11) is 0. The fourth-order valence-corrected chi connectivity index (χ4v) is 4.32. The Morgan fingerprint density at radius 2 is 2.00 bits per heavy atom. The van der Waals surface area contributed by atoms with E-state index >= 15 is 0 Å². The first kappa shape index (κ1) is 13.5. The van der Waals surface area contributed by atoms with E-state index in [1.54, 1.807) is 0 Å². The normalized spacial score (nSPS) is 23.2. The summed E-state index contributed by atoms with van der Waals surface area (Å²) in [6.45, 7) is 3.39. The van der Waals surface area contributed by atoms with Crippen molar-refractivity contribution in [2.75, 3.05) is 18.3 Å². The van der Waals surface area contributed by atoms with E-state index in [-0.39, 0.29) is 0 Å². The first-order chi connectivity index (χ1) is 8.33. The molecule has 17 heavy (non-hydrogen) atoms. The molecule has 2 rings (SSSR count). The number of thiocarbonyl (C=S) groups is 1.